The van der Waals surface area contributed by atoms with Crippen LogP contribution in [0.5, 0.6) is 0 Å². The quantitative estimate of drug-likeness (QED) is 0.776. The lowest BCUT2D eigenvalue weighted by Gasteiger charge is -2.05. The lowest BCUT2D eigenvalue weighted by atomic mass is 10.3. The van der Waals surface area contributed by atoms with Gasteiger partial charge in [0, 0.05) is 43.2 Å². The first-order chi connectivity index (χ1) is 10.6. The Hall–Kier alpha value is -2.48. The molecule has 0 aliphatic rings. The standard InChI is InChI=1S/C14H13BrN6O/c1-20-7-6-17-13(20)10-8-11(21(2)19-10)18-14(22)12-9(15)4-3-5-16-12/h3-8H,1-2H3,(H,18,22). The third-order valence-electron chi connectivity index (χ3n) is 3.15. The van der Waals surface area contributed by atoms with Crippen LogP contribution in [0.2, 0.25) is 0 Å². The van der Waals surface area contributed by atoms with Crippen molar-refractivity contribution >= 4 is 27.7 Å². The number of aryl methyl sites for hydroxylation is 2. The lowest BCUT2D eigenvalue weighted by Crippen LogP contribution is -2.16. The summed E-state index contributed by atoms with van der Waals surface area (Å²) in [6, 6.07) is 5.30. The zero-order valence-corrected chi connectivity index (χ0v) is 13.6. The van der Waals surface area contributed by atoms with Gasteiger partial charge in [-0.1, -0.05) is 0 Å². The topological polar surface area (TPSA) is 77.6 Å². The molecular weight excluding hydrogens is 348 g/mol. The van der Waals surface area contributed by atoms with E-state index in [1.807, 2.05) is 17.8 Å². The Labute approximate surface area is 135 Å². The van der Waals surface area contributed by atoms with Crippen molar-refractivity contribution in [2.45, 2.75) is 0 Å². The summed E-state index contributed by atoms with van der Waals surface area (Å²) in [5.74, 6) is 0.998. The number of carbonyl (C=O) groups excluding carboxylic acids is 1. The highest BCUT2D eigenvalue weighted by molar-refractivity contribution is 9.10. The van der Waals surface area contributed by atoms with Gasteiger partial charge in [-0.15, -0.1) is 0 Å². The molecule has 1 N–H and O–H groups in total. The summed E-state index contributed by atoms with van der Waals surface area (Å²) >= 11 is 3.32. The number of aromatic nitrogens is 5. The molecule has 112 valence electrons. The molecule has 7 nitrogen and oxygen atoms in total. The highest BCUT2D eigenvalue weighted by Gasteiger charge is 2.16. The zero-order chi connectivity index (χ0) is 15.7. The van der Waals surface area contributed by atoms with Crippen molar-refractivity contribution in [1.29, 1.82) is 0 Å². The van der Waals surface area contributed by atoms with E-state index in [1.54, 1.807) is 42.3 Å². The van der Waals surface area contributed by atoms with Gasteiger partial charge in [-0.3, -0.25) is 9.48 Å². The molecule has 0 fully saturated rings. The van der Waals surface area contributed by atoms with Gasteiger partial charge in [-0.2, -0.15) is 5.10 Å². The third kappa shape index (κ3) is 2.64. The highest BCUT2D eigenvalue weighted by Crippen LogP contribution is 2.20. The van der Waals surface area contributed by atoms with Crippen LogP contribution in [0.4, 0.5) is 5.82 Å². The zero-order valence-electron chi connectivity index (χ0n) is 12.0. The number of anilines is 1. The minimum atomic E-state index is -0.304. The summed E-state index contributed by atoms with van der Waals surface area (Å²) in [6.45, 7) is 0. The van der Waals surface area contributed by atoms with E-state index in [9.17, 15) is 4.79 Å². The second-order valence-corrected chi connectivity index (χ2v) is 5.54. The van der Waals surface area contributed by atoms with Gasteiger partial charge in [0.1, 0.15) is 17.2 Å². The van der Waals surface area contributed by atoms with Crippen molar-refractivity contribution in [2.24, 2.45) is 14.1 Å². The van der Waals surface area contributed by atoms with E-state index in [1.165, 1.54) is 0 Å². The number of nitrogens with zero attached hydrogens (tertiary/aromatic N) is 5. The molecule has 3 aromatic rings. The average molecular weight is 361 g/mol. The van der Waals surface area contributed by atoms with Crippen LogP contribution in [-0.4, -0.2) is 30.2 Å². The number of imidazole rings is 1. The van der Waals surface area contributed by atoms with Crippen LogP contribution in [0.3, 0.4) is 0 Å². The Bertz CT molecular complexity index is 837. The number of halogens is 1. The molecular formula is C14H13BrN6O. The van der Waals surface area contributed by atoms with Crippen molar-refractivity contribution in [1.82, 2.24) is 24.3 Å². The fourth-order valence-electron chi connectivity index (χ4n) is 2.03. The third-order valence-corrected chi connectivity index (χ3v) is 3.79. The molecule has 1 amide bonds. The Kier molecular flexibility index (Phi) is 3.76. The first-order valence-corrected chi connectivity index (χ1v) is 7.29. The van der Waals surface area contributed by atoms with Crippen LogP contribution in [0.25, 0.3) is 11.5 Å². The Morgan fingerprint density at radius 2 is 2.09 bits per heavy atom. The molecule has 0 atom stereocenters. The van der Waals surface area contributed by atoms with Crippen molar-refractivity contribution in [3.63, 3.8) is 0 Å². The van der Waals surface area contributed by atoms with Gasteiger partial charge in [-0.25, -0.2) is 9.97 Å². The van der Waals surface area contributed by atoms with E-state index in [0.717, 1.165) is 5.82 Å². The van der Waals surface area contributed by atoms with Crippen LogP contribution < -0.4 is 5.32 Å². The first kappa shape index (κ1) is 14.5. The number of pyridine rings is 1. The largest absolute Gasteiger partial charge is 0.333 e. The normalized spacial score (nSPS) is 10.7. The van der Waals surface area contributed by atoms with Gasteiger partial charge in [0.15, 0.2) is 5.82 Å². The maximum atomic E-state index is 12.3. The van der Waals surface area contributed by atoms with Gasteiger partial charge in [0.25, 0.3) is 5.91 Å². The van der Waals surface area contributed by atoms with E-state index < -0.39 is 0 Å². The molecule has 0 aromatic carbocycles. The summed E-state index contributed by atoms with van der Waals surface area (Å²) < 4.78 is 4.10. The van der Waals surface area contributed by atoms with Crippen LogP contribution >= 0.6 is 15.9 Å². The lowest BCUT2D eigenvalue weighted by molar-refractivity contribution is 0.102. The number of rotatable bonds is 3. The molecule has 0 radical (unpaired) electrons. The second kappa shape index (κ2) is 5.72. The minimum Gasteiger partial charge on any atom is -0.333 e. The SMILES string of the molecule is Cn1ccnc1-c1cc(NC(=O)c2ncccc2Br)n(C)n1. The molecule has 3 heterocycles. The molecule has 0 saturated carbocycles. The monoisotopic (exact) mass is 360 g/mol. The fourth-order valence-corrected chi connectivity index (χ4v) is 2.47. The summed E-state index contributed by atoms with van der Waals surface area (Å²) in [5, 5.41) is 7.17. The molecule has 0 saturated heterocycles. The summed E-state index contributed by atoms with van der Waals surface area (Å²) in [6.07, 6.45) is 5.11. The van der Waals surface area contributed by atoms with Gasteiger partial charge in [-0.05, 0) is 28.1 Å². The summed E-state index contributed by atoms with van der Waals surface area (Å²) in [5.41, 5.74) is 1.01. The number of hydrogen-bond acceptors (Lipinski definition) is 4. The van der Waals surface area contributed by atoms with Crippen molar-refractivity contribution < 1.29 is 4.79 Å². The van der Waals surface area contributed by atoms with E-state index in [4.69, 9.17) is 0 Å². The molecule has 0 aliphatic carbocycles. The van der Waals surface area contributed by atoms with E-state index in [0.29, 0.717) is 21.7 Å². The molecule has 0 aliphatic heterocycles. The predicted molar refractivity (Wildman–Crippen MR) is 85.3 cm³/mol. The van der Waals surface area contributed by atoms with Gasteiger partial charge in [0.2, 0.25) is 0 Å². The van der Waals surface area contributed by atoms with Crippen LogP contribution in [0.1, 0.15) is 10.5 Å². The minimum absolute atomic E-state index is 0.304. The smallest absolute Gasteiger partial charge is 0.276 e. The highest BCUT2D eigenvalue weighted by atomic mass is 79.9. The second-order valence-electron chi connectivity index (χ2n) is 4.69. The maximum Gasteiger partial charge on any atom is 0.276 e. The number of carbonyl (C=O) groups is 1. The molecule has 0 unspecified atom stereocenters. The van der Waals surface area contributed by atoms with Crippen LogP contribution in [0, 0.1) is 0 Å². The first-order valence-electron chi connectivity index (χ1n) is 6.50. The number of nitrogens with one attached hydrogen (secondary N) is 1. The van der Waals surface area contributed by atoms with Crippen molar-refractivity contribution in [3.8, 4) is 11.5 Å². The molecule has 22 heavy (non-hydrogen) atoms. The van der Waals surface area contributed by atoms with Gasteiger partial charge < -0.3 is 9.88 Å². The molecule has 3 rings (SSSR count). The predicted octanol–water partition coefficient (Wildman–Crippen LogP) is 2.23. The van der Waals surface area contributed by atoms with Crippen LogP contribution in [0.15, 0.2) is 41.3 Å². The van der Waals surface area contributed by atoms with E-state index in [2.05, 4.69) is 36.3 Å². The molecule has 3 aromatic heterocycles. The van der Waals surface area contributed by atoms with Crippen molar-refractivity contribution in [3.05, 3.63) is 47.0 Å². The van der Waals surface area contributed by atoms with E-state index >= 15 is 0 Å². The average Bonchev–Trinajstić information content (AvgIpc) is 3.06. The number of hydrogen-bond donors (Lipinski definition) is 1. The van der Waals surface area contributed by atoms with Gasteiger partial charge in [0.05, 0.1) is 0 Å². The Balaban J connectivity index is 1.88. The Morgan fingerprint density at radius 3 is 2.77 bits per heavy atom. The van der Waals surface area contributed by atoms with Gasteiger partial charge >= 0.3 is 0 Å². The van der Waals surface area contributed by atoms with E-state index in [-0.39, 0.29) is 5.91 Å². The van der Waals surface area contributed by atoms with Crippen molar-refractivity contribution in [2.75, 3.05) is 5.32 Å². The van der Waals surface area contributed by atoms with Crippen LogP contribution in [-0.2, 0) is 14.1 Å². The maximum absolute atomic E-state index is 12.3. The number of amides is 1. The molecule has 8 heteroatoms. The molecule has 0 bridgehead atoms. The Morgan fingerprint density at radius 1 is 1.27 bits per heavy atom. The summed E-state index contributed by atoms with van der Waals surface area (Å²) in [4.78, 5) is 20.6. The summed E-state index contributed by atoms with van der Waals surface area (Å²) in [7, 11) is 3.65. The fraction of sp³-hybridized carbons (Fsp3) is 0.143. The molecule has 0 spiro atoms.